The monoisotopic (exact) mass is 199 g/mol. The van der Waals surface area contributed by atoms with Crippen molar-refractivity contribution in [2.75, 3.05) is 25.6 Å². The zero-order valence-electron chi connectivity index (χ0n) is 7.95. The quantitative estimate of drug-likeness (QED) is 0.521. The Morgan fingerprint density at radius 2 is 2.43 bits per heavy atom. The lowest BCUT2D eigenvalue weighted by Gasteiger charge is -2.02. The van der Waals surface area contributed by atoms with Crippen molar-refractivity contribution in [3.63, 3.8) is 0 Å². The van der Waals surface area contributed by atoms with Gasteiger partial charge in [0.15, 0.2) is 0 Å². The van der Waals surface area contributed by atoms with Gasteiger partial charge in [-0.1, -0.05) is 0 Å². The van der Waals surface area contributed by atoms with Crippen LogP contribution in [0.4, 0.5) is 5.82 Å². The summed E-state index contributed by atoms with van der Waals surface area (Å²) in [7, 11) is 0. The third kappa shape index (κ3) is 3.06. The summed E-state index contributed by atoms with van der Waals surface area (Å²) in [6, 6.07) is 1.42. The van der Waals surface area contributed by atoms with E-state index in [1.165, 1.54) is 6.07 Å². The van der Waals surface area contributed by atoms with Crippen molar-refractivity contribution in [1.29, 1.82) is 0 Å². The first kappa shape index (κ1) is 10.5. The highest BCUT2D eigenvalue weighted by atomic mass is 16.6. The van der Waals surface area contributed by atoms with Crippen LogP contribution in [0.15, 0.2) is 6.07 Å². The van der Waals surface area contributed by atoms with Crippen molar-refractivity contribution in [1.82, 2.24) is 10.2 Å². The van der Waals surface area contributed by atoms with Gasteiger partial charge in [-0.3, -0.25) is 5.10 Å². The number of aromatic amines is 1. The van der Waals surface area contributed by atoms with Crippen LogP contribution in [-0.2, 0) is 9.47 Å². The van der Waals surface area contributed by atoms with Crippen molar-refractivity contribution in [3.8, 4) is 0 Å². The van der Waals surface area contributed by atoms with Gasteiger partial charge < -0.3 is 15.2 Å². The average Bonchev–Trinajstić information content (AvgIpc) is 2.59. The van der Waals surface area contributed by atoms with E-state index in [-0.39, 0.29) is 18.1 Å². The molecular weight excluding hydrogens is 186 g/mol. The van der Waals surface area contributed by atoms with Gasteiger partial charge in [0, 0.05) is 12.7 Å². The lowest BCUT2D eigenvalue weighted by Crippen LogP contribution is -2.11. The van der Waals surface area contributed by atoms with E-state index >= 15 is 0 Å². The van der Waals surface area contributed by atoms with Gasteiger partial charge in [0.05, 0.1) is 6.61 Å². The van der Waals surface area contributed by atoms with Gasteiger partial charge in [0.1, 0.15) is 18.1 Å². The SMILES string of the molecule is CCOCCOC(=O)c1cc(N)n[nH]1. The van der Waals surface area contributed by atoms with E-state index in [4.69, 9.17) is 15.2 Å². The van der Waals surface area contributed by atoms with Crippen LogP contribution >= 0.6 is 0 Å². The number of carbonyl (C=O) groups is 1. The Kier molecular flexibility index (Phi) is 3.93. The number of nitrogens with one attached hydrogen (secondary N) is 1. The molecule has 0 amide bonds. The number of esters is 1. The molecule has 0 saturated carbocycles. The van der Waals surface area contributed by atoms with Crippen LogP contribution in [-0.4, -0.2) is 36.0 Å². The number of rotatable bonds is 5. The lowest BCUT2D eigenvalue weighted by molar-refractivity contribution is 0.0329. The number of nitrogen functional groups attached to an aromatic ring is 1. The van der Waals surface area contributed by atoms with E-state index in [0.717, 1.165) is 0 Å². The molecule has 0 radical (unpaired) electrons. The number of nitrogens with zero attached hydrogens (tertiary/aromatic N) is 1. The molecule has 78 valence electrons. The molecule has 0 spiro atoms. The minimum absolute atomic E-state index is 0.228. The fourth-order valence-electron chi connectivity index (χ4n) is 0.857. The van der Waals surface area contributed by atoms with E-state index < -0.39 is 5.97 Å². The number of ether oxygens (including phenoxy) is 2. The molecule has 3 N–H and O–H groups in total. The summed E-state index contributed by atoms with van der Waals surface area (Å²) in [5.74, 6) is -0.212. The van der Waals surface area contributed by atoms with Crippen LogP contribution in [0.2, 0.25) is 0 Å². The van der Waals surface area contributed by atoms with Crippen LogP contribution in [0.25, 0.3) is 0 Å². The molecule has 1 heterocycles. The second kappa shape index (κ2) is 5.23. The Balaban J connectivity index is 2.29. The summed E-state index contributed by atoms with van der Waals surface area (Å²) >= 11 is 0. The Morgan fingerprint density at radius 3 is 3.00 bits per heavy atom. The summed E-state index contributed by atoms with van der Waals surface area (Å²) < 4.78 is 9.85. The molecule has 0 aromatic carbocycles. The molecule has 1 aromatic rings. The van der Waals surface area contributed by atoms with E-state index in [0.29, 0.717) is 13.2 Å². The largest absolute Gasteiger partial charge is 0.459 e. The molecule has 0 bridgehead atoms. The molecule has 0 aliphatic carbocycles. The zero-order valence-corrected chi connectivity index (χ0v) is 7.95. The second-order valence-electron chi connectivity index (χ2n) is 2.54. The topological polar surface area (TPSA) is 90.2 Å². The molecule has 0 aliphatic rings. The second-order valence-corrected chi connectivity index (χ2v) is 2.54. The summed E-state index contributed by atoms with van der Waals surface area (Å²) in [5, 5.41) is 6.06. The molecule has 6 nitrogen and oxygen atoms in total. The Bertz CT molecular complexity index is 298. The maximum atomic E-state index is 11.2. The minimum atomic E-state index is -0.478. The standard InChI is InChI=1S/C8H13N3O3/c1-2-13-3-4-14-8(12)6-5-7(9)11-10-6/h5H,2-4H2,1H3,(H3,9,10,11). The molecule has 14 heavy (non-hydrogen) atoms. The highest BCUT2D eigenvalue weighted by molar-refractivity contribution is 5.87. The van der Waals surface area contributed by atoms with Crippen molar-refractivity contribution >= 4 is 11.8 Å². The summed E-state index contributed by atoms with van der Waals surface area (Å²) in [4.78, 5) is 11.2. The molecule has 0 aliphatic heterocycles. The fraction of sp³-hybridized carbons (Fsp3) is 0.500. The van der Waals surface area contributed by atoms with Gasteiger partial charge in [0.2, 0.25) is 0 Å². The third-order valence-corrected chi connectivity index (χ3v) is 1.48. The maximum Gasteiger partial charge on any atom is 0.356 e. The van der Waals surface area contributed by atoms with Crippen molar-refractivity contribution in [3.05, 3.63) is 11.8 Å². The van der Waals surface area contributed by atoms with E-state index in [9.17, 15) is 4.79 Å². The Hall–Kier alpha value is -1.56. The Morgan fingerprint density at radius 1 is 1.64 bits per heavy atom. The van der Waals surface area contributed by atoms with Crippen LogP contribution < -0.4 is 5.73 Å². The smallest absolute Gasteiger partial charge is 0.356 e. The molecule has 1 rings (SSSR count). The molecule has 0 unspecified atom stereocenters. The van der Waals surface area contributed by atoms with Crippen LogP contribution in [0.3, 0.4) is 0 Å². The molecule has 0 saturated heterocycles. The minimum Gasteiger partial charge on any atom is -0.459 e. The van der Waals surface area contributed by atoms with Gasteiger partial charge in [-0.25, -0.2) is 4.79 Å². The van der Waals surface area contributed by atoms with Gasteiger partial charge in [-0.15, -0.1) is 0 Å². The van der Waals surface area contributed by atoms with Crippen molar-refractivity contribution in [2.24, 2.45) is 0 Å². The number of anilines is 1. The van der Waals surface area contributed by atoms with Gasteiger partial charge in [-0.2, -0.15) is 5.10 Å². The first-order valence-corrected chi connectivity index (χ1v) is 4.29. The van der Waals surface area contributed by atoms with Crippen LogP contribution in [0, 0.1) is 0 Å². The van der Waals surface area contributed by atoms with Crippen molar-refractivity contribution < 1.29 is 14.3 Å². The Labute approximate surface area is 81.4 Å². The van der Waals surface area contributed by atoms with E-state index in [1.807, 2.05) is 6.92 Å². The van der Waals surface area contributed by atoms with Gasteiger partial charge in [-0.05, 0) is 6.92 Å². The zero-order chi connectivity index (χ0) is 10.4. The lowest BCUT2D eigenvalue weighted by atomic mass is 10.4. The fourth-order valence-corrected chi connectivity index (χ4v) is 0.857. The van der Waals surface area contributed by atoms with Crippen molar-refractivity contribution in [2.45, 2.75) is 6.92 Å². The highest BCUT2D eigenvalue weighted by Gasteiger charge is 2.09. The first-order valence-electron chi connectivity index (χ1n) is 4.29. The third-order valence-electron chi connectivity index (χ3n) is 1.48. The first-order chi connectivity index (χ1) is 6.74. The van der Waals surface area contributed by atoms with Crippen LogP contribution in [0.1, 0.15) is 17.4 Å². The number of H-pyrrole nitrogens is 1. The number of aromatic nitrogens is 2. The number of hydrogen-bond acceptors (Lipinski definition) is 5. The number of nitrogens with two attached hydrogens (primary N) is 1. The highest BCUT2D eigenvalue weighted by Crippen LogP contribution is 2.01. The van der Waals surface area contributed by atoms with Gasteiger partial charge in [0.25, 0.3) is 0 Å². The van der Waals surface area contributed by atoms with Crippen LogP contribution in [0.5, 0.6) is 0 Å². The molecule has 1 aromatic heterocycles. The summed E-state index contributed by atoms with van der Waals surface area (Å²) in [6.45, 7) is 3.10. The van der Waals surface area contributed by atoms with Gasteiger partial charge >= 0.3 is 5.97 Å². The number of hydrogen-bond donors (Lipinski definition) is 2. The molecule has 0 atom stereocenters. The summed E-state index contributed by atoms with van der Waals surface area (Å²) in [5.41, 5.74) is 5.57. The van der Waals surface area contributed by atoms with E-state index in [2.05, 4.69) is 10.2 Å². The predicted octanol–water partition coefficient (Wildman–Crippen LogP) is 0.185. The normalized spacial score (nSPS) is 10.1. The molecule has 6 heteroatoms. The number of carbonyl (C=O) groups excluding carboxylic acids is 1. The predicted molar refractivity (Wildman–Crippen MR) is 49.8 cm³/mol. The maximum absolute atomic E-state index is 11.2. The average molecular weight is 199 g/mol. The molecular formula is C8H13N3O3. The molecule has 0 fully saturated rings. The summed E-state index contributed by atoms with van der Waals surface area (Å²) in [6.07, 6.45) is 0. The van der Waals surface area contributed by atoms with E-state index in [1.54, 1.807) is 0 Å².